The zero-order valence-corrected chi connectivity index (χ0v) is 10.2. The van der Waals surface area contributed by atoms with Gasteiger partial charge < -0.3 is 10.0 Å². The molecule has 0 aromatic carbocycles. The van der Waals surface area contributed by atoms with Crippen molar-refractivity contribution in [3.05, 3.63) is 18.2 Å². The number of rotatable bonds is 2. The molecule has 0 unspecified atom stereocenters. The molecule has 0 radical (unpaired) electrons. The molecule has 4 rings (SSSR count). The fraction of sp³-hybridized carbons (Fsp3) is 0.583. The third-order valence-corrected chi connectivity index (χ3v) is 4.04. The van der Waals surface area contributed by atoms with Gasteiger partial charge >= 0.3 is 0 Å². The largest absolute Gasteiger partial charge is 0.386 e. The predicted octanol–water partition coefficient (Wildman–Crippen LogP) is 0.394. The Balaban J connectivity index is 1.68. The molecule has 6 heteroatoms. The number of β-amino-alcohol motifs (C(OH)–C–C–N with tert-alkyl or cyclic N) is 1. The van der Waals surface area contributed by atoms with Gasteiger partial charge in [-0.2, -0.15) is 0 Å². The fourth-order valence-corrected chi connectivity index (χ4v) is 2.80. The van der Waals surface area contributed by atoms with Crippen LogP contribution >= 0.6 is 0 Å². The monoisotopic (exact) mass is 245 g/mol. The van der Waals surface area contributed by atoms with Gasteiger partial charge in [-0.3, -0.25) is 4.40 Å². The second kappa shape index (κ2) is 3.20. The number of hydrogen-bond donors (Lipinski definition) is 1. The van der Waals surface area contributed by atoms with E-state index in [9.17, 15) is 5.11 Å². The number of aliphatic hydroxyl groups is 1. The van der Waals surface area contributed by atoms with Crippen LogP contribution in [0.3, 0.4) is 0 Å². The van der Waals surface area contributed by atoms with Crippen molar-refractivity contribution >= 4 is 11.5 Å². The average molecular weight is 245 g/mol. The van der Waals surface area contributed by atoms with Gasteiger partial charge in [0.25, 0.3) is 0 Å². The van der Waals surface area contributed by atoms with E-state index >= 15 is 0 Å². The first-order valence-electron chi connectivity index (χ1n) is 6.31. The Morgan fingerprint density at radius 2 is 2.11 bits per heavy atom. The summed E-state index contributed by atoms with van der Waals surface area (Å²) in [4.78, 5) is 6.46. The van der Waals surface area contributed by atoms with Crippen LogP contribution in [0.25, 0.3) is 5.65 Å². The van der Waals surface area contributed by atoms with Crippen molar-refractivity contribution in [2.75, 3.05) is 18.0 Å². The molecule has 0 spiro atoms. The minimum Gasteiger partial charge on any atom is -0.386 e. The van der Waals surface area contributed by atoms with Crippen LogP contribution in [-0.2, 0) is 0 Å². The summed E-state index contributed by atoms with van der Waals surface area (Å²) in [5.41, 5.74) is 0.275. The fourth-order valence-electron chi connectivity index (χ4n) is 2.80. The van der Waals surface area contributed by atoms with Crippen LogP contribution < -0.4 is 4.90 Å². The first-order valence-corrected chi connectivity index (χ1v) is 6.31. The summed E-state index contributed by atoms with van der Waals surface area (Å²) in [5, 5.41) is 18.6. The SMILES string of the molecule is Cc1nnc2c(N3CC(O)(C4CC4)C3)nccn12. The maximum atomic E-state index is 10.3. The van der Waals surface area contributed by atoms with Crippen molar-refractivity contribution in [3.8, 4) is 0 Å². The van der Waals surface area contributed by atoms with E-state index in [1.54, 1.807) is 6.20 Å². The van der Waals surface area contributed by atoms with Gasteiger partial charge in [0.2, 0.25) is 5.65 Å². The van der Waals surface area contributed by atoms with Crippen LogP contribution in [0.1, 0.15) is 18.7 Å². The van der Waals surface area contributed by atoms with Crippen molar-refractivity contribution in [2.45, 2.75) is 25.4 Å². The minimum atomic E-state index is -0.496. The highest BCUT2D eigenvalue weighted by Crippen LogP contribution is 2.45. The molecule has 1 aliphatic carbocycles. The standard InChI is InChI=1S/C12H15N5O/c1-8-14-15-11-10(13-4-5-17(8)11)16-6-12(18,7-16)9-2-3-9/h4-5,9,18H,2-3,6-7H2,1H3. The molecule has 2 fully saturated rings. The lowest BCUT2D eigenvalue weighted by Gasteiger charge is -2.47. The molecule has 0 atom stereocenters. The molecular weight excluding hydrogens is 230 g/mol. The van der Waals surface area contributed by atoms with E-state index < -0.39 is 5.60 Å². The lowest BCUT2D eigenvalue weighted by molar-refractivity contribution is -0.00962. The molecule has 0 bridgehead atoms. The number of anilines is 1. The van der Waals surface area contributed by atoms with Gasteiger partial charge in [-0.1, -0.05) is 0 Å². The van der Waals surface area contributed by atoms with Gasteiger partial charge in [0.1, 0.15) is 11.4 Å². The molecule has 1 saturated heterocycles. The average Bonchev–Trinajstić information content (AvgIpc) is 3.11. The van der Waals surface area contributed by atoms with E-state index in [0.717, 1.165) is 30.1 Å². The summed E-state index contributed by atoms with van der Waals surface area (Å²) < 4.78 is 1.93. The minimum absolute atomic E-state index is 0.494. The number of fused-ring (bicyclic) bond motifs is 1. The molecule has 1 N–H and O–H groups in total. The number of nitrogens with zero attached hydrogens (tertiary/aromatic N) is 5. The summed E-state index contributed by atoms with van der Waals surface area (Å²) in [6.07, 6.45) is 5.94. The van der Waals surface area contributed by atoms with E-state index in [4.69, 9.17) is 0 Å². The molecular formula is C12H15N5O. The second-order valence-corrected chi connectivity index (χ2v) is 5.43. The second-order valence-electron chi connectivity index (χ2n) is 5.43. The highest BCUT2D eigenvalue weighted by Gasteiger charge is 2.52. The Bertz CT molecular complexity index is 612. The number of aromatic nitrogens is 4. The molecule has 1 aliphatic heterocycles. The van der Waals surface area contributed by atoms with Crippen molar-refractivity contribution in [1.29, 1.82) is 0 Å². The van der Waals surface area contributed by atoms with Crippen LogP contribution in [-0.4, -0.2) is 43.4 Å². The van der Waals surface area contributed by atoms with Crippen molar-refractivity contribution < 1.29 is 5.11 Å². The zero-order chi connectivity index (χ0) is 12.3. The number of aryl methyl sites for hydroxylation is 1. The summed E-state index contributed by atoms with van der Waals surface area (Å²) in [5.74, 6) is 2.17. The molecule has 1 saturated carbocycles. The normalized spacial score (nSPS) is 22.2. The van der Waals surface area contributed by atoms with Crippen molar-refractivity contribution in [2.24, 2.45) is 5.92 Å². The lowest BCUT2D eigenvalue weighted by Crippen LogP contribution is -2.63. The van der Waals surface area contributed by atoms with Crippen LogP contribution in [0.2, 0.25) is 0 Å². The van der Waals surface area contributed by atoms with Gasteiger partial charge in [0.05, 0.1) is 13.1 Å². The smallest absolute Gasteiger partial charge is 0.203 e. The Labute approximate surface area is 104 Å². The quantitative estimate of drug-likeness (QED) is 0.829. The van der Waals surface area contributed by atoms with Crippen molar-refractivity contribution in [1.82, 2.24) is 19.6 Å². The number of hydrogen-bond acceptors (Lipinski definition) is 5. The van der Waals surface area contributed by atoms with Crippen LogP contribution in [0, 0.1) is 12.8 Å². The van der Waals surface area contributed by atoms with Crippen LogP contribution in [0.15, 0.2) is 12.4 Å². The van der Waals surface area contributed by atoms with Crippen LogP contribution in [0.4, 0.5) is 5.82 Å². The maximum Gasteiger partial charge on any atom is 0.203 e. The maximum absolute atomic E-state index is 10.3. The van der Waals surface area contributed by atoms with Gasteiger partial charge in [0.15, 0.2) is 5.82 Å². The Kier molecular flexibility index (Phi) is 1.82. The zero-order valence-electron chi connectivity index (χ0n) is 10.2. The van der Waals surface area contributed by atoms with Crippen LogP contribution in [0.5, 0.6) is 0 Å². The summed E-state index contributed by atoms with van der Waals surface area (Å²) in [6, 6.07) is 0. The van der Waals surface area contributed by atoms with E-state index in [2.05, 4.69) is 20.1 Å². The van der Waals surface area contributed by atoms with E-state index in [-0.39, 0.29) is 0 Å². The molecule has 0 amide bonds. The van der Waals surface area contributed by atoms with E-state index in [1.807, 2.05) is 17.5 Å². The van der Waals surface area contributed by atoms with Gasteiger partial charge in [-0.05, 0) is 25.7 Å². The highest BCUT2D eigenvalue weighted by atomic mass is 16.3. The van der Waals surface area contributed by atoms with Gasteiger partial charge in [-0.15, -0.1) is 10.2 Å². The first kappa shape index (κ1) is 10.3. The highest BCUT2D eigenvalue weighted by molar-refractivity contribution is 5.65. The topological polar surface area (TPSA) is 66.5 Å². The Hall–Kier alpha value is -1.69. The molecule has 2 aliphatic rings. The Morgan fingerprint density at radius 3 is 2.83 bits per heavy atom. The lowest BCUT2D eigenvalue weighted by atomic mass is 9.89. The molecule has 6 nitrogen and oxygen atoms in total. The molecule has 2 aromatic rings. The summed E-state index contributed by atoms with van der Waals surface area (Å²) in [6.45, 7) is 3.24. The van der Waals surface area contributed by atoms with Crippen molar-refractivity contribution in [3.63, 3.8) is 0 Å². The predicted molar refractivity (Wildman–Crippen MR) is 65.4 cm³/mol. The molecule has 94 valence electrons. The molecule has 2 aromatic heterocycles. The van der Waals surface area contributed by atoms with E-state index in [0.29, 0.717) is 19.0 Å². The van der Waals surface area contributed by atoms with Gasteiger partial charge in [-0.25, -0.2) is 4.98 Å². The van der Waals surface area contributed by atoms with Gasteiger partial charge in [0, 0.05) is 12.4 Å². The Morgan fingerprint density at radius 1 is 1.33 bits per heavy atom. The van der Waals surface area contributed by atoms with E-state index in [1.165, 1.54) is 0 Å². The molecule has 18 heavy (non-hydrogen) atoms. The first-order chi connectivity index (χ1) is 8.67. The third kappa shape index (κ3) is 1.29. The molecule has 3 heterocycles. The summed E-state index contributed by atoms with van der Waals surface area (Å²) >= 11 is 0. The third-order valence-electron chi connectivity index (χ3n) is 4.04. The summed E-state index contributed by atoms with van der Waals surface area (Å²) in [7, 11) is 0.